The zero-order chi connectivity index (χ0) is 18.6. The first-order valence-corrected chi connectivity index (χ1v) is 10.0. The summed E-state index contributed by atoms with van der Waals surface area (Å²) in [6, 6.07) is 15.0. The second-order valence-corrected chi connectivity index (χ2v) is 7.71. The zero-order valence-electron chi connectivity index (χ0n) is 15.4. The molecule has 0 radical (unpaired) electrons. The third-order valence-electron chi connectivity index (χ3n) is 4.97. The van der Waals surface area contributed by atoms with Gasteiger partial charge < -0.3 is 9.64 Å². The molecule has 1 amide bonds. The molecule has 0 spiro atoms. The Labute approximate surface area is 163 Å². The molecule has 6 heteroatoms. The molecule has 0 atom stereocenters. The molecule has 5 nitrogen and oxygen atoms in total. The lowest BCUT2D eigenvalue weighted by molar-refractivity contribution is 0.0623. The first-order valence-electron chi connectivity index (χ1n) is 9.16. The fourth-order valence-corrected chi connectivity index (χ4v) is 4.28. The summed E-state index contributed by atoms with van der Waals surface area (Å²) >= 11 is 1.48. The molecule has 0 N–H and O–H groups in total. The van der Waals surface area contributed by atoms with Crippen molar-refractivity contribution in [2.24, 2.45) is 0 Å². The van der Waals surface area contributed by atoms with Gasteiger partial charge in [-0.1, -0.05) is 42.5 Å². The Balaban J connectivity index is 1.37. The molecule has 2 heterocycles. The summed E-state index contributed by atoms with van der Waals surface area (Å²) in [7, 11) is 1.64. The van der Waals surface area contributed by atoms with Gasteiger partial charge in [-0.2, -0.15) is 0 Å². The Morgan fingerprint density at radius 1 is 1.11 bits per heavy atom. The van der Waals surface area contributed by atoms with Crippen LogP contribution in [0.4, 0.5) is 0 Å². The highest BCUT2D eigenvalue weighted by atomic mass is 32.1. The van der Waals surface area contributed by atoms with Crippen LogP contribution in [-0.4, -0.2) is 54.0 Å². The highest BCUT2D eigenvalue weighted by molar-refractivity contribution is 7.09. The lowest BCUT2D eigenvalue weighted by atomic mass is 10.0. The topological polar surface area (TPSA) is 45.7 Å². The number of fused-ring (bicyclic) bond motifs is 1. The number of piperazine rings is 1. The van der Waals surface area contributed by atoms with Crippen LogP contribution in [-0.2, 0) is 17.9 Å². The van der Waals surface area contributed by atoms with Crippen molar-refractivity contribution in [3.05, 3.63) is 64.1 Å². The minimum absolute atomic E-state index is 0.0263. The predicted molar refractivity (Wildman–Crippen MR) is 108 cm³/mol. The van der Waals surface area contributed by atoms with Gasteiger partial charge in [0.1, 0.15) is 10.7 Å². The Bertz CT molecular complexity index is 927. The third-order valence-corrected chi connectivity index (χ3v) is 5.79. The number of benzene rings is 2. The Kier molecular flexibility index (Phi) is 5.48. The van der Waals surface area contributed by atoms with Crippen molar-refractivity contribution in [1.29, 1.82) is 0 Å². The van der Waals surface area contributed by atoms with Gasteiger partial charge in [0.2, 0.25) is 0 Å². The van der Waals surface area contributed by atoms with E-state index in [1.165, 1.54) is 27.7 Å². The van der Waals surface area contributed by atoms with Gasteiger partial charge in [-0.05, 0) is 16.3 Å². The second kappa shape index (κ2) is 8.17. The number of rotatable bonds is 5. The largest absolute Gasteiger partial charge is 0.378 e. The molecule has 0 unspecified atom stereocenters. The smallest absolute Gasteiger partial charge is 0.273 e. The fraction of sp³-hybridized carbons (Fsp3) is 0.333. The average molecular weight is 382 g/mol. The van der Waals surface area contributed by atoms with E-state index in [1.54, 1.807) is 7.11 Å². The van der Waals surface area contributed by atoms with E-state index in [0.29, 0.717) is 12.3 Å². The van der Waals surface area contributed by atoms with Crippen LogP contribution in [0.5, 0.6) is 0 Å². The number of hydrogen-bond donors (Lipinski definition) is 0. The van der Waals surface area contributed by atoms with Gasteiger partial charge in [0, 0.05) is 45.2 Å². The van der Waals surface area contributed by atoms with E-state index >= 15 is 0 Å². The molecule has 1 aliphatic rings. The van der Waals surface area contributed by atoms with Crippen LogP contribution in [0, 0.1) is 0 Å². The van der Waals surface area contributed by atoms with Crippen LogP contribution >= 0.6 is 11.3 Å². The predicted octanol–water partition coefficient (Wildman–Crippen LogP) is 3.40. The van der Waals surface area contributed by atoms with Gasteiger partial charge in [-0.25, -0.2) is 4.98 Å². The molecule has 0 bridgehead atoms. The standard InChI is InChI=1S/C21H23N3O2S/c1-26-14-20-22-19(15-27-20)21(25)24-11-9-23(10-12-24)13-17-7-4-6-16-5-2-3-8-18(16)17/h2-8,15H,9-14H2,1H3. The highest BCUT2D eigenvalue weighted by Crippen LogP contribution is 2.21. The van der Waals surface area contributed by atoms with Gasteiger partial charge in [0.05, 0.1) is 6.61 Å². The highest BCUT2D eigenvalue weighted by Gasteiger charge is 2.24. The summed E-state index contributed by atoms with van der Waals surface area (Å²) in [5, 5.41) is 5.26. The van der Waals surface area contributed by atoms with Crippen LogP contribution in [0.1, 0.15) is 21.1 Å². The Hall–Kier alpha value is -2.28. The summed E-state index contributed by atoms with van der Waals surface area (Å²) in [4.78, 5) is 21.4. The average Bonchev–Trinajstić information content (AvgIpc) is 3.17. The van der Waals surface area contributed by atoms with E-state index < -0.39 is 0 Å². The van der Waals surface area contributed by atoms with Gasteiger partial charge in [0.25, 0.3) is 5.91 Å². The molecule has 1 aromatic heterocycles. The van der Waals surface area contributed by atoms with Crippen molar-refractivity contribution in [3.8, 4) is 0 Å². The molecule has 1 aliphatic heterocycles. The van der Waals surface area contributed by atoms with Crippen LogP contribution in [0.25, 0.3) is 10.8 Å². The molecular weight excluding hydrogens is 358 g/mol. The molecule has 1 fully saturated rings. The Morgan fingerprint density at radius 3 is 2.70 bits per heavy atom. The van der Waals surface area contributed by atoms with Crippen molar-refractivity contribution in [3.63, 3.8) is 0 Å². The minimum atomic E-state index is 0.0263. The molecule has 2 aromatic carbocycles. The maximum Gasteiger partial charge on any atom is 0.273 e. The number of amides is 1. The molecular formula is C21H23N3O2S. The number of nitrogens with zero attached hydrogens (tertiary/aromatic N) is 3. The van der Waals surface area contributed by atoms with E-state index in [9.17, 15) is 4.79 Å². The summed E-state index contributed by atoms with van der Waals surface area (Å²) in [5.74, 6) is 0.0263. The molecule has 3 aromatic rings. The maximum absolute atomic E-state index is 12.7. The summed E-state index contributed by atoms with van der Waals surface area (Å²) in [5.41, 5.74) is 1.88. The molecule has 140 valence electrons. The first-order chi connectivity index (χ1) is 13.2. The minimum Gasteiger partial charge on any atom is -0.378 e. The normalized spacial score (nSPS) is 15.4. The van der Waals surface area contributed by atoms with Crippen molar-refractivity contribution >= 4 is 28.0 Å². The summed E-state index contributed by atoms with van der Waals surface area (Å²) in [6.07, 6.45) is 0. The van der Waals surface area contributed by atoms with E-state index in [1.807, 2.05) is 10.3 Å². The molecule has 0 aliphatic carbocycles. The van der Waals surface area contributed by atoms with Crippen molar-refractivity contribution in [1.82, 2.24) is 14.8 Å². The third kappa shape index (κ3) is 4.03. The SMILES string of the molecule is COCc1nc(C(=O)N2CCN(Cc3cccc4ccccc34)CC2)cs1. The van der Waals surface area contributed by atoms with Crippen molar-refractivity contribution in [2.45, 2.75) is 13.2 Å². The van der Waals surface area contributed by atoms with Gasteiger partial charge in [-0.3, -0.25) is 9.69 Å². The molecule has 1 saturated heterocycles. The number of carbonyl (C=O) groups is 1. The second-order valence-electron chi connectivity index (χ2n) is 6.77. The lowest BCUT2D eigenvalue weighted by Gasteiger charge is -2.34. The monoisotopic (exact) mass is 381 g/mol. The van der Waals surface area contributed by atoms with Gasteiger partial charge in [-0.15, -0.1) is 11.3 Å². The Morgan fingerprint density at radius 2 is 1.89 bits per heavy atom. The number of ether oxygens (including phenoxy) is 1. The van der Waals surface area contributed by atoms with E-state index in [0.717, 1.165) is 37.7 Å². The van der Waals surface area contributed by atoms with Gasteiger partial charge in [0.15, 0.2) is 0 Å². The van der Waals surface area contributed by atoms with E-state index in [2.05, 4.69) is 52.3 Å². The van der Waals surface area contributed by atoms with Crippen molar-refractivity contribution < 1.29 is 9.53 Å². The number of hydrogen-bond acceptors (Lipinski definition) is 5. The number of aromatic nitrogens is 1. The zero-order valence-corrected chi connectivity index (χ0v) is 16.2. The van der Waals surface area contributed by atoms with E-state index in [4.69, 9.17) is 4.74 Å². The quantitative estimate of drug-likeness (QED) is 0.680. The number of methoxy groups -OCH3 is 1. The summed E-state index contributed by atoms with van der Waals surface area (Å²) < 4.78 is 5.08. The van der Waals surface area contributed by atoms with Crippen LogP contribution in [0.2, 0.25) is 0 Å². The fourth-order valence-electron chi connectivity index (χ4n) is 3.54. The van der Waals surface area contributed by atoms with Crippen molar-refractivity contribution in [2.75, 3.05) is 33.3 Å². The lowest BCUT2D eigenvalue weighted by Crippen LogP contribution is -2.48. The first kappa shape index (κ1) is 18.1. The molecule has 0 saturated carbocycles. The number of carbonyl (C=O) groups excluding carboxylic acids is 1. The van der Waals surface area contributed by atoms with Crippen LogP contribution in [0.3, 0.4) is 0 Å². The maximum atomic E-state index is 12.7. The van der Waals surface area contributed by atoms with Crippen LogP contribution in [0.15, 0.2) is 47.8 Å². The molecule has 4 rings (SSSR count). The molecule has 27 heavy (non-hydrogen) atoms. The van der Waals surface area contributed by atoms with Gasteiger partial charge >= 0.3 is 0 Å². The van der Waals surface area contributed by atoms with Crippen LogP contribution < -0.4 is 0 Å². The summed E-state index contributed by atoms with van der Waals surface area (Å²) in [6.45, 7) is 4.60. The van der Waals surface area contributed by atoms with E-state index in [-0.39, 0.29) is 5.91 Å². The number of thiazole rings is 1.